The molecule has 0 heterocycles. The summed E-state index contributed by atoms with van der Waals surface area (Å²) < 4.78 is 0. The molecule has 0 bridgehead atoms. The molecule has 1 saturated carbocycles. The largest absolute Gasteiger partial charge is 0.312 e. The lowest BCUT2D eigenvalue weighted by atomic mass is 9.85. The van der Waals surface area contributed by atoms with Crippen LogP contribution in [0, 0.1) is 12.8 Å². The molecular formula is C16H26N2. The molecule has 1 unspecified atom stereocenters. The summed E-state index contributed by atoms with van der Waals surface area (Å²) in [7, 11) is 4.31. The van der Waals surface area contributed by atoms with Gasteiger partial charge < -0.3 is 10.2 Å². The van der Waals surface area contributed by atoms with E-state index in [1.807, 2.05) is 0 Å². The second-order valence-electron chi connectivity index (χ2n) is 5.77. The summed E-state index contributed by atoms with van der Waals surface area (Å²) in [6, 6.07) is 9.27. The minimum atomic E-state index is 0.440. The highest BCUT2D eigenvalue weighted by Gasteiger charge is 2.20. The van der Waals surface area contributed by atoms with Gasteiger partial charge in [-0.25, -0.2) is 0 Å². The van der Waals surface area contributed by atoms with E-state index in [0.29, 0.717) is 6.04 Å². The van der Waals surface area contributed by atoms with Gasteiger partial charge in [-0.05, 0) is 45.3 Å². The molecule has 1 N–H and O–H groups in total. The van der Waals surface area contributed by atoms with E-state index >= 15 is 0 Å². The second kappa shape index (κ2) is 6.35. The Balaban J connectivity index is 1.91. The van der Waals surface area contributed by atoms with Gasteiger partial charge in [0, 0.05) is 19.1 Å². The lowest BCUT2D eigenvalue weighted by Gasteiger charge is -2.32. The summed E-state index contributed by atoms with van der Waals surface area (Å²) in [5.74, 6) is 0.949. The molecule has 1 atom stereocenters. The Morgan fingerprint density at radius 1 is 1.39 bits per heavy atom. The lowest BCUT2D eigenvalue weighted by Crippen LogP contribution is -2.36. The van der Waals surface area contributed by atoms with E-state index in [-0.39, 0.29) is 0 Å². The van der Waals surface area contributed by atoms with Gasteiger partial charge in [-0.2, -0.15) is 0 Å². The molecule has 1 aromatic carbocycles. The Bertz CT molecular complexity index is 371. The van der Waals surface area contributed by atoms with Crippen LogP contribution >= 0.6 is 0 Å². The first-order valence-corrected chi connectivity index (χ1v) is 7.11. The van der Waals surface area contributed by atoms with Gasteiger partial charge >= 0.3 is 0 Å². The normalized spacial score (nSPS) is 17.8. The zero-order valence-electron chi connectivity index (χ0n) is 11.9. The molecule has 2 nitrogen and oxygen atoms in total. The SMILES string of the molecule is CNC(CN(C)CC1CCC1)c1cccc(C)c1. The Hall–Kier alpha value is -0.860. The van der Waals surface area contributed by atoms with Crippen molar-refractivity contribution in [3.63, 3.8) is 0 Å². The fraction of sp³-hybridized carbons (Fsp3) is 0.625. The van der Waals surface area contributed by atoms with Crippen LogP contribution in [0.25, 0.3) is 0 Å². The smallest absolute Gasteiger partial charge is 0.0446 e. The molecular weight excluding hydrogens is 220 g/mol. The van der Waals surface area contributed by atoms with E-state index in [2.05, 4.69) is 55.5 Å². The van der Waals surface area contributed by atoms with Gasteiger partial charge in [-0.3, -0.25) is 0 Å². The third kappa shape index (κ3) is 3.56. The predicted molar refractivity (Wildman–Crippen MR) is 77.8 cm³/mol. The molecule has 0 amide bonds. The molecule has 1 fully saturated rings. The van der Waals surface area contributed by atoms with Gasteiger partial charge in [-0.15, -0.1) is 0 Å². The Kier molecular flexibility index (Phi) is 4.79. The van der Waals surface area contributed by atoms with Crippen LogP contribution in [0.15, 0.2) is 24.3 Å². The van der Waals surface area contributed by atoms with Crippen LogP contribution in [0.3, 0.4) is 0 Å². The number of likely N-dealkylation sites (N-methyl/N-ethyl adjacent to an activating group) is 2. The minimum Gasteiger partial charge on any atom is -0.312 e. The van der Waals surface area contributed by atoms with E-state index in [9.17, 15) is 0 Å². The number of rotatable bonds is 6. The first-order chi connectivity index (χ1) is 8.69. The highest BCUT2D eigenvalue weighted by Crippen LogP contribution is 2.27. The summed E-state index contributed by atoms with van der Waals surface area (Å²) in [6.07, 6.45) is 4.30. The summed E-state index contributed by atoms with van der Waals surface area (Å²) >= 11 is 0. The molecule has 0 aromatic heterocycles. The number of nitrogens with one attached hydrogen (secondary N) is 1. The lowest BCUT2D eigenvalue weighted by molar-refractivity contribution is 0.193. The first-order valence-electron chi connectivity index (χ1n) is 7.11. The van der Waals surface area contributed by atoms with Gasteiger partial charge in [0.1, 0.15) is 0 Å². The predicted octanol–water partition coefficient (Wildman–Crippen LogP) is 2.99. The highest BCUT2D eigenvalue weighted by molar-refractivity contribution is 5.25. The quantitative estimate of drug-likeness (QED) is 0.830. The van der Waals surface area contributed by atoms with Crippen LogP contribution in [-0.4, -0.2) is 32.1 Å². The minimum absolute atomic E-state index is 0.440. The fourth-order valence-electron chi connectivity index (χ4n) is 2.75. The van der Waals surface area contributed by atoms with Crippen molar-refractivity contribution in [2.75, 3.05) is 27.2 Å². The second-order valence-corrected chi connectivity index (χ2v) is 5.77. The van der Waals surface area contributed by atoms with Crippen molar-refractivity contribution in [2.24, 2.45) is 5.92 Å². The van der Waals surface area contributed by atoms with Crippen molar-refractivity contribution in [1.82, 2.24) is 10.2 Å². The molecule has 0 spiro atoms. The molecule has 0 radical (unpaired) electrons. The zero-order valence-corrected chi connectivity index (χ0v) is 11.9. The first kappa shape index (κ1) is 13.6. The van der Waals surface area contributed by atoms with Gasteiger partial charge in [0.25, 0.3) is 0 Å². The number of benzene rings is 1. The summed E-state index contributed by atoms with van der Waals surface area (Å²) in [5.41, 5.74) is 2.74. The van der Waals surface area contributed by atoms with Crippen molar-refractivity contribution in [1.29, 1.82) is 0 Å². The summed E-state index contributed by atoms with van der Waals surface area (Å²) in [4.78, 5) is 2.48. The van der Waals surface area contributed by atoms with E-state index in [1.54, 1.807) is 0 Å². The van der Waals surface area contributed by atoms with Crippen LogP contribution in [0.4, 0.5) is 0 Å². The Morgan fingerprint density at radius 3 is 2.72 bits per heavy atom. The van der Waals surface area contributed by atoms with E-state index < -0.39 is 0 Å². The van der Waals surface area contributed by atoms with Gasteiger partial charge in [0.2, 0.25) is 0 Å². The average molecular weight is 246 g/mol. The Morgan fingerprint density at radius 2 is 2.17 bits per heavy atom. The van der Waals surface area contributed by atoms with E-state index in [0.717, 1.165) is 12.5 Å². The molecule has 2 rings (SSSR count). The van der Waals surface area contributed by atoms with Crippen molar-refractivity contribution in [3.8, 4) is 0 Å². The highest BCUT2D eigenvalue weighted by atomic mass is 15.1. The molecule has 0 saturated heterocycles. The van der Waals surface area contributed by atoms with Crippen LogP contribution in [0.1, 0.15) is 36.4 Å². The molecule has 100 valence electrons. The number of nitrogens with zero attached hydrogens (tertiary/aromatic N) is 1. The third-order valence-corrected chi connectivity index (χ3v) is 4.08. The maximum absolute atomic E-state index is 3.44. The maximum atomic E-state index is 3.44. The van der Waals surface area contributed by atoms with Crippen LogP contribution in [0.2, 0.25) is 0 Å². The summed E-state index contributed by atoms with van der Waals surface area (Å²) in [5, 5.41) is 3.44. The molecule has 1 aliphatic rings. The van der Waals surface area contributed by atoms with Crippen LogP contribution in [0.5, 0.6) is 0 Å². The topological polar surface area (TPSA) is 15.3 Å². The van der Waals surface area contributed by atoms with Crippen molar-refractivity contribution >= 4 is 0 Å². The monoisotopic (exact) mass is 246 g/mol. The van der Waals surface area contributed by atoms with Gasteiger partial charge in [0.15, 0.2) is 0 Å². The zero-order chi connectivity index (χ0) is 13.0. The average Bonchev–Trinajstić information content (AvgIpc) is 2.31. The standard InChI is InChI=1S/C16H26N2/c1-13-6-4-9-15(10-13)16(17-2)12-18(3)11-14-7-5-8-14/h4,6,9-10,14,16-17H,5,7-8,11-12H2,1-3H3. The fourth-order valence-corrected chi connectivity index (χ4v) is 2.75. The van der Waals surface area contributed by atoms with Crippen molar-refractivity contribution < 1.29 is 0 Å². The van der Waals surface area contributed by atoms with Gasteiger partial charge in [0.05, 0.1) is 0 Å². The molecule has 1 aromatic rings. The van der Waals surface area contributed by atoms with E-state index in [1.165, 1.54) is 36.9 Å². The number of hydrogen-bond donors (Lipinski definition) is 1. The number of aryl methyl sites for hydroxylation is 1. The van der Waals surface area contributed by atoms with Crippen molar-refractivity contribution in [2.45, 2.75) is 32.2 Å². The molecule has 0 aliphatic heterocycles. The maximum Gasteiger partial charge on any atom is 0.0446 e. The van der Waals surface area contributed by atoms with Crippen LogP contribution in [-0.2, 0) is 0 Å². The van der Waals surface area contributed by atoms with Crippen LogP contribution < -0.4 is 5.32 Å². The van der Waals surface area contributed by atoms with Gasteiger partial charge in [-0.1, -0.05) is 36.2 Å². The Labute approximate surface area is 111 Å². The molecule has 18 heavy (non-hydrogen) atoms. The molecule has 1 aliphatic carbocycles. The number of hydrogen-bond acceptors (Lipinski definition) is 2. The van der Waals surface area contributed by atoms with Crippen molar-refractivity contribution in [3.05, 3.63) is 35.4 Å². The van der Waals surface area contributed by atoms with E-state index in [4.69, 9.17) is 0 Å². The third-order valence-electron chi connectivity index (χ3n) is 4.08. The molecule has 2 heteroatoms. The summed E-state index contributed by atoms with van der Waals surface area (Å²) in [6.45, 7) is 4.51.